The van der Waals surface area contributed by atoms with Gasteiger partial charge in [0.25, 0.3) is 5.91 Å². The number of carbonyl (C=O) groups excluding carboxylic acids is 2. The monoisotopic (exact) mass is 451 g/mol. The van der Waals surface area contributed by atoms with E-state index in [0.29, 0.717) is 22.2 Å². The van der Waals surface area contributed by atoms with Gasteiger partial charge in [0.05, 0.1) is 29.8 Å². The maximum atomic E-state index is 12.7. The number of aromatic nitrogens is 3. The Morgan fingerprint density at radius 2 is 1.88 bits per heavy atom. The molecule has 0 unspecified atom stereocenters. The van der Waals surface area contributed by atoms with Crippen LogP contribution in [0.3, 0.4) is 0 Å². The Labute approximate surface area is 190 Å². The summed E-state index contributed by atoms with van der Waals surface area (Å²) in [6.45, 7) is 0. The van der Waals surface area contributed by atoms with Crippen LogP contribution in [-0.2, 0) is 4.79 Å². The van der Waals surface area contributed by atoms with Gasteiger partial charge in [-0.25, -0.2) is 0 Å². The number of hydrogen-bond acceptors (Lipinski definition) is 6. The van der Waals surface area contributed by atoms with Gasteiger partial charge in [0.15, 0.2) is 5.16 Å². The fourth-order valence-electron chi connectivity index (χ4n) is 3.76. The molecule has 1 fully saturated rings. The van der Waals surface area contributed by atoms with Crippen LogP contribution < -0.4 is 15.4 Å². The van der Waals surface area contributed by atoms with Crippen molar-refractivity contribution in [3.8, 4) is 11.4 Å². The van der Waals surface area contributed by atoms with Crippen LogP contribution in [0.15, 0.2) is 60.0 Å². The average molecular weight is 452 g/mol. The molecule has 2 aromatic carbocycles. The Bertz CT molecular complexity index is 1090. The number of rotatable bonds is 8. The fraction of sp³-hybridized carbons (Fsp3) is 0.304. The molecular weight excluding hydrogens is 426 g/mol. The lowest BCUT2D eigenvalue weighted by Crippen LogP contribution is -2.33. The molecule has 0 aliphatic heterocycles. The molecule has 32 heavy (non-hydrogen) atoms. The van der Waals surface area contributed by atoms with E-state index in [1.807, 2.05) is 24.3 Å². The normalized spacial score (nSPS) is 13.7. The third-order valence-electron chi connectivity index (χ3n) is 5.33. The summed E-state index contributed by atoms with van der Waals surface area (Å²) < 4.78 is 7.19. The largest absolute Gasteiger partial charge is 0.495 e. The van der Waals surface area contributed by atoms with E-state index in [4.69, 9.17) is 4.74 Å². The quantitative estimate of drug-likeness (QED) is 0.507. The fourth-order valence-corrected chi connectivity index (χ4v) is 4.48. The molecule has 9 heteroatoms. The van der Waals surface area contributed by atoms with Crippen LogP contribution >= 0.6 is 11.8 Å². The van der Waals surface area contributed by atoms with Crippen molar-refractivity contribution >= 4 is 29.3 Å². The second-order valence-electron chi connectivity index (χ2n) is 7.49. The summed E-state index contributed by atoms with van der Waals surface area (Å²) in [5.74, 6) is 0.412. The van der Waals surface area contributed by atoms with Gasteiger partial charge in [0, 0.05) is 6.04 Å². The van der Waals surface area contributed by atoms with E-state index >= 15 is 0 Å². The summed E-state index contributed by atoms with van der Waals surface area (Å²) in [6.07, 6.45) is 5.87. The standard InChI is InChI=1S/C23H25N5O3S/c1-31-20-13-7-6-12-19(20)28-15-24-27-23(28)32-14-21(29)26-18-11-5-4-10-17(18)22(30)25-16-8-2-3-9-16/h4-7,10-13,15-16H,2-3,8-9,14H2,1H3,(H,25,30)(H,26,29). The predicted octanol–water partition coefficient (Wildman–Crippen LogP) is 3.68. The summed E-state index contributed by atoms with van der Waals surface area (Å²) in [7, 11) is 1.60. The lowest BCUT2D eigenvalue weighted by atomic mass is 10.1. The number of ether oxygens (including phenoxy) is 1. The van der Waals surface area contributed by atoms with Gasteiger partial charge in [-0.2, -0.15) is 0 Å². The highest BCUT2D eigenvalue weighted by molar-refractivity contribution is 7.99. The van der Waals surface area contributed by atoms with Crippen LogP contribution in [0.25, 0.3) is 5.69 Å². The highest BCUT2D eigenvalue weighted by atomic mass is 32.2. The number of anilines is 1. The van der Waals surface area contributed by atoms with Crippen LogP contribution in [0.1, 0.15) is 36.0 Å². The van der Waals surface area contributed by atoms with Crippen LogP contribution in [0.4, 0.5) is 5.69 Å². The SMILES string of the molecule is COc1ccccc1-n1cnnc1SCC(=O)Nc1ccccc1C(=O)NC1CCCC1. The molecule has 1 aromatic heterocycles. The topological polar surface area (TPSA) is 98.1 Å². The van der Waals surface area contributed by atoms with Crippen molar-refractivity contribution in [2.45, 2.75) is 36.9 Å². The number of carbonyl (C=O) groups is 2. The first-order valence-electron chi connectivity index (χ1n) is 10.5. The zero-order valence-corrected chi connectivity index (χ0v) is 18.6. The van der Waals surface area contributed by atoms with Crippen molar-refractivity contribution in [1.82, 2.24) is 20.1 Å². The molecule has 8 nitrogen and oxygen atoms in total. The number of thioether (sulfide) groups is 1. The maximum Gasteiger partial charge on any atom is 0.253 e. The van der Waals surface area contributed by atoms with Crippen molar-refractivity contribution in [1.29, 1.82) is 0 Å². The van der Waals surface area contributed by atoms with E-state index in [1.54, 1.807) is 42.3 Å². The Balaban J connectivity index is 1.41. The first-order valence-corrected chi connectivity index (χ1v) is 11.5. The minimum Gasteiger partial charge on any atom is -0.495 e. The second kappa shape index (κ2) is 10.3. The minimum absolute atomic E-state index is 0.117. The zero-order chi connectivity index (χ0) is 22.3. The van der Waals surface area contributed by atoms with Gasteiger partial charge < -0.3 is 15.4 Å². The molecule has 0 saturated heterocycles. The van der Waals surface area contributed by atoms with E-state index < -0.39 is 0 Å². The molecule has 1 heterocycles. The lowest BCUT2D eigenvalue weighted by Gasteiger charge is -2.15. The van der Waals surface area contributed by atoms with Gasteiger partial charge in [-0.1, -0.05) is 48.9 Å². The van der Waals surface area contributed by atoms with E-state index in [9.17, 15) is 9.59 Å². The molecule has 3 aromatic rings. The average Bonchev–Trinajstić information content (AvgIpc) is 3.50. The molecule has 2 amide bonds. The van der Waals surface area contributed by atoms with E-state index in [0.717, 1.165) is 31.4 Å². The molecule has 1 aliphatic carbocycles. The highest BCUT2D eigenvalue weighted by Crippen LogP contribution is 2.27. The van der Waals surface area contributed by atoms with Gasteiger partial charge in [-0.05, 0) is 37.1 Å². The molecule has 2 N–H and O–H groups in total. The van der Waals surface area contributed by atoms with Crippen molar-refractivity contribution in [3.63, 3.8) is 0 Å². The van der Waals surface area contributed by atoms with Crippen LogP contribution in [0.2, 0.25) is 0 Å². The molecule has 0 bridgehead atoms. The van der Waals surface area contributed by atoms with Crippen LogP contribution in [-0.4, -0.2) is 45.5 Å². The zero-order valence-electron chi connectivity index (χ0n) is 17.8. The Hall–Kier alpha value is -3.33. The second-order valence-corrected chi connectivity index (χ2v) is 8.44. The van der Waals surface area contributed by atoms with Gasteiger partial charge >= 0.3 is 0 Å². The predicted molar refractivity (Wildman–Crippen MR) is 123 cm³/mol. The summed E-state index contributed by atoms with van der Waals surface area (Å²) in [6, 6.07) is 14.8. The summed E-state index contributed by atoms with van der Waals surface area (Å²) in [5.41, 5.74) is 1.76. The highest BCUT2D eigenvalue weighted by Gasteiger charge is 2.20. The Morgan fingerprint density at radius 1 is 1.12 bits per heavy atom. The van der Waals surface area contributed by atoms with E-state index in [2.05, 4.69) is 20.8 Å². The smallest absolute Gasteiger partial charge is 0.253 e. The number of benzene rings is 2. The van der Waals surface area contributed by atoms with E-state index in [-0.39, 0.29) is 23.6 Å². The number of nitrogens with one attached hydrogen (secondary N) is 2. The van der Waals surface area contributed by atoms with E-state index in [1.165, 1.54) is 11.8 Å². The summed E-state index contributed by atoms with van der Waals surface area (Å²) >= 11 is 1.26. The van der Waals surface area contributed by atoms with Gasteiger partial charge in [-0.15, -0.1) is 10.2 Å². The number of amides is 2. The molecule has 0 radical (unpaired) electrons. The van der Waals surface area contributed by atoms with Gasteiger partial charge in [-0.3, -0.25) is 14.2 Å². The van der Waals surface area contributed by atoms with Crippen molar-refractivity contribution < 1.29 is 14.3 Å². The molecular formula is C23H25N5O3S. The van der Waals surface area contributed by atoms with Crippen LogP contribution in [0, 0.1) is 0 Å². The molecule has 166 valence electrons. The van der Waals surface area contributed by atoms with Crippen molar-refractivity contribution in [3.05, 3.63) is 60.4 Å². The first-order chi connectivity index (χ1) is 15.7. The summed E-state index contributed by atoms with van der Waals surface area (Å²) in [5, 5.41) is 14.6. The third-order valence-corrected chi connectivity index (χ3v) is 6.27. The van der Waals surface area contributed by atoms with Gasteiger partial charge in [0.1, 0.15) is 12.1 Å². The van der Waals surface area contributed by atoms with Crippen molar-refractivity contribution in [2.75, 3.05) is 18.2 Å². The molecule has 4 rings (SSSR count). The molecule has 1 aliphatic rings. The molecule has 1 saturated carbocycles. The van der Waals surface area contributed by atoms with Gasteiger partial charge in [0.2, 0.25) is 5.91 Å². The molecule has 0 spiro atoms. The van der Waals surface area contributed by atoms with Crippen molar-refractivity contribution in [2.24, 2.45) is 0 Å². The lowest BCUT2D eigenvalue weighted by molar-refractivity contribution is -0.113. The first kappa shape index (κ1) is 21.9. The molecule has 0 atom stereocenters. The summed E-state index contributed by atoms with van der Waals surface area (Å²) in [4.78, 5) is 25.4. The minimum atomic E-state index is -0.231. The maximum absolute atomic E-state index is 12.7. The third kappa shape index (κ3) is 5.11. The number of methoxy groups -OCH3 is 1. The number of hydrogen-bond donors (Lipinski definition) is 2. The van der Waals surface area contributed by atoms with Crippen LogP contribution in [0.5, 0.6) is 5.75 Å². The number of nitrogens with zero attached hydrogens (tertiary/aromatic N) is 3. The Kier molecular flexibility index (Phi) is 7.06. The number of para-hydroxylation sites is 3. The Morgan fingerprint density at radius 3 is 2.69 bits per heavy atom.